The number of rotatable bonds is 1. The molecule has 25 heavy (non-hydrogen) atoms. The lowest BCUT2D eigenvalue weighted by atomic mass is 9.93. The van der Waals surface area contributed by atoms with E-state index in [1.807, 2.05) is 30.5 Å². The predicted octanol–water partition coefficient (Wildman–Crippen LogP) is 5.97. The van der Waals surface area contributed by atoms with Gasteiger partial charge in [-0.1, -0.05) is 48.0 Å². The molecule has 0 fully saturated rings. The highest BCUT2D eigenvalue weighted by Crippen LogP contribution is 2.37. The fourth-order valence-electron chi connectivity index (χ4n) is 3.49. The highest BCUT2D eigenvalue weighted by Gasteiger charge is 2.21. The zero-order valence-corrected chi connectivity index (χ0v) is 14.1. The minimum Gasteiger partial charge on any atom is -0.455 e. The van der Waals surface area contributed by atoms with E-state index < -0.39 is 0 Å². The van der Waals surface area contributed by atoms with Crippen molar-refractivity contribution in [1.82, 2.24) is 4.98 Å². The highest BCUT2D eigenvalue weighted by molar-refractivity contribution is 6.30. The molecule has 2 heterocycles. The monoisotopic (exact) mass is 343 g/mol. The molecule has 120 valence electrons. The minimum atomic E-state index is 0.736. The van der Waals surface area contributed by atoms with Crippen molar-refractivity contribution in [2.45, 2.75) is 6.42 Å². The molecule has 2 aromatic carbocycles. The van der Waals surface area contributed by atoms with Crippen LogP contribution in [-0.2, 0) is 6.42 Å². The van der Waals surface area contributed by atoms with Crippen LogP contribution in [0.25, 0.3) is 22.7 Å². The lowest BCUT2D eigenvalue weighted by molar-refractivity contribution is 0.600. The summed E-state index contributed by atoms with van der Waals surface area (Å²) in [4.78, 5) is 4.54. The quantitative estimate of drug-likeness (QED) is 0.374. The van der Waals surface area contributed by atoms with E-state index in [-0.39, 0.29) is 0 Å². The second-order valence-corrected chi connectivity index (χ2v) is 6.63. The zero-order valence-electron chi connectivity index (χ0n) is 13.4. The van der Waals surface area contributed by atoms with E-state index in [1.165, 1.54) is 11.1 Å². The van der Waals surface area contributed by atoms with Gasteiger partial charge in [0.05, 0.1) is 0 Å². The Morgan fingerprint density at radius 3 is 2.64 bits per heavy atom. The van der Waals surface area contributed by atoms with E-state index in [9.17, 15) is 0 Å². The topological polar surface area (TPSA) is 26.0 Å². The Bertz CT molecular complexity index is 1120. The van der Waals surface area contributed by atoms with E-state index in [2.05, 4.69) is 47.5 Å². The van der Waals surface area contributed by atoms with Crippen LogP contribution in [0, 0.1) is 0 Å². The molecule has 1 aliphatic rings. The summed E-state index contributed by atoms with van der Waals surface area (Å²) in [6.07, 6.45) is 4.76. The van der Waals surface area contributed by atoms with Crippen LogP contribution >= 0.6 is 11.6 Å². The van der Waals surface area contributed by atoms with Gasteiger partial charge in [0, 0.05) is 23.2 Å². The first-order chi connectivity index (χ1) is 12.3. The van der Waals surface area contributed by atoms with Crippen LogP contribution in [-0.4, -0.2) is 4.98 Å². The van der Waals surface area contributed by atoms with Gasteiger partial charge in [0.1, 0.15) is 11.3 Å². The molecule has 0 N–H and O–H groups in total. The Morgan fingerprint density at radius 1 is 0.920 bits per heavy atom. The molecule has 5 rings (SSSR count). The number of hydrogen-bond acceptors (Lipinski definition) is 2. The summed E-state index contributed by atoms with van der Waals surface area (Å²) >= 11 is 6.07. The second-order valence-electron chi connectivity index (χ2n) is 6.19. The molecule has 0 unspecified atom stereocenters. The Labute approximate surface area is 150 Å². The summed E-state index contributed by atoms with van der Waals surface area (Å²) in [6, 6.07) is 20.3. The van der Waals surface area contributed by atoms with Gasteiger partial charge in [0.2, 0.25) is 0 Å². The average molecular weight is 344 g/mol. The molecule has 0 spiro atoms. The van der Waals surface area contributed by atoms with Gasteiger partial charge in [-0.3, -0.25) is 4.98 Å². The number of benzene rings is 2. The van der Waals surface area contributed by atoms with E-state index in [1.54, 1.807) is 0 Å². The lowest BCUT2D eigenvalue weighted by Crippen LogP contribution is -1.94. The van der Waals surface area contributed by atoms with Crippen molar-refractivity contribution in [3.05, 3.63) is 99.9 Å². The third-order valence-electron chi connectivity index (χ3n) is 4.68. The van der Waals surface area contributed by atoms with Crippen molar-refractivity contribution < 1.29 is 4.42 Å². The normalized spacial score (nSPS) is 13.1. The molecule has 0 amide bonds. The standard InChI is InChI=1S/C22H14ClNO/c23-16-9-7-14(8-10-16)18-13-21-19(12-15-4-1-2-5-17(15)18)22-20(25-21)6-3-11-24-22/h1-11,13H,12H2. The summed E-state index contributed by atoms with van der Waals surface area (Å²) in [5.41, 5.74) is 7.69. The summed E-state index contributed by atoms with van der Waals surface area (Å²) in [6.45, 7) is 0. The van der Waals surface area contributed by atoms with Crippen molar-refractivity contribution in [3.63, 3.8) is 0 Å². The summed E-state index contributed by atoms with van der Waals surface area (Å²) < 4.78 is 6.11. The third kappa shape index (κ3) is 2.38. The number of aromatic nitrogens is 1. The van der Waals surface area contributed by atoms with E-state index in [0.717, 1.165) is 45.0 Å². The van der Waals surface area contributed by atoms with Crippen molar-refractivity contribution in [3.8, 4) is 0 Å². The van der Waals surface area contributed by atoms with E-state index >= 15 is 0 Å². The number of furan rings is 1. The summed E-state index contributed by atoms with van der Waals surface area (Å²) in [7, 11) is 0. The van der Waals surface area contributed by atoms with Crippen molar-refractivity contribution in [2.24, 2.45) is 0 Å². The lowest BCUT2D eigenvalue weighted by Gasteiger charge is -2.11. The summed E-state index contributed by atoms with van der Waals surface area (Å²) in [5.74, 6) is 0.884. The Hall–Kier alpha value is -2.84. The summed E-state index contributed by atoms with van der Waals surface area (Å²) in [5, 5.41) is 0.736. The molecule has 0 saturated heterocycles. The van der Waals surface area contributed by atoms with Gasteiger partial charge in [-0.25, -0.2) is 0 Å². The van der Waals surface area contributed by atoms with Gasteiger partial charge in [0.25, 0.3) is 0 Å². The molecule has 0 aliphatic heterocycles. The Kier molecular flexibility index (Phi) is 3.25. The number of fused-ring (bicyclic) bond motifs is 4. The molecule has 2 aromatic heterocycles. The average Bonchev–Trinajstić information content (AvgIpc) is 2.90. The predicted molar refractivity (Wildman–Crippen MR) is 102 cm³/mol. The van der Waals surface area contributed by atoms with Gasteiger partial charge in [-0.2, -0.15) is 0 Å². The second kappa shape index (κ2) is 5.61. The van der Waals surface area contributed by atoms with Crippen molar-refractivity contribution in [1.29, 1.82) is 0 Å². The zero-order chi connectivity index (χ0) is 16.8. The fraction of sp³-hybridized carbons (Fsp3) is 0.0455. The van der Waals surface area contributed by atoms with Crippen molar-refractivity contribution in [2.75, 3.05) is 0 Å². The smallest absolute Gasteiger partial charge is 0.153 e. The maximum absolute atomic E-state index is 6.11. The molecule has 0 radical (unpaired) electrons. The van der Waals surface area contributed by atoms with E-state index in [0.29, 0.717) is 0 Å². The van der Waals surface area contributed by atoms with Crippen LogP contribution in [0.1, 0.15) is 28.0 Å². The van der Waals surface area contributed by atoms with Crippen LogP contribution in [0.3, 0.4) is 0 Å². The number of nitrogens with zero attached hydrogens (tertiary/aromatic N) is 1. The maximum atomic E-state index is 6.11. The molecule has 4 aromatic rings. The van der Waals surface area contributed by atoms with Gasteiger partial charge >= 0.3 is 0 Å². The number of pyridine rings is 1. The number of hydrogen-bond donors (Lipinski definition) is 0. The van der Waals surface area contributed by atoms with Gasteiger partial charge in [0.15, 0.2) is 5.58 Å². The van der Waals surface area contributed by atoms with Crippen LogP contribution in [0.5, 0.6) is 0 Å². The SMILES string of the molecule is Clc1ccc(C2=Cc3oc4cccnc4c3Cc3ccccc32)cc1. The van der Waals surface area contributed by atoms with E-state index in [4.69, 9.17) is 16.0 Å². The Balaban J connectivity index is 1.81. The maximum Gasteiger partial charge on any atom is 0.153 e. The first-order valence-electron chi connectivity index (χ1n) is 8.22. The molecule has 2 nitrogen and oxygen atoms in total. The Morgan fingerprint density at radius 2 is 1.76 bits per heavy atom. The molecule has 3 heteroatoms. The fourth-order valence-corrected chi connectivity index (χ4v) is 3.61. The highest BCUT2D eigenvalue weighted by atomic mass is 35.5. The minimum absolute atomic E-state index is 0.736. The molecule has 0 atom stereocenters. The van der Waals surface area contributed by atoms with Gasteiger partial charge in [-0.05, 0) is 52.6 Å². The molecule has 0 saturated carbocycles. The van der Waals surface area contributed by atoms with Gasteiger partial charge < -0.3 is 4.42 Å². The first-order valence-corrected chi connectivity index (χ1v) is 8.60. The third-order valence-corrected chi connectivity index (χ3v) is 4.93. The van der Waals surface area contributed by atoms with Crippen LogP contribution < -0.4 is 0 Å². The molecule has 1 aliphatic carbocycles. The molecular weight excluding hydrogens is 330 g/mol. The van der Waals surface area contributed by atoms with Crippen molar-refractivity contribution >= 4 is 34.3 Å². The molecule has 0 bridgehead atoms. The van der Waals surface area contributed by atoms with Crippen LogP contribution in [0.2, 0.25) is 5.02 Å². The van der Waals surface area contributed by atoms with Crippen LogP contribution in [0.15, 0.2) is 71.3 Å². The van der Waals surface area contributed by atoms with Crippen LogP contribution in [0.4, 0.5) is 0 Å². The molecular formula is C22H14ClNO. The number of halogens is 1. The first kappa shape index (κ1) is 14.5. The van der Waals surface area contributed by atoms with Gasteiger partial charge in [-0.15, -0.1) is 0 Å². The largest absolute Gasteiger partial charge is 0.455 e.